The van der Waals surface area contributed by atoms with Crippen molar-refractivity contribution in [1.29, 1.82) is 0 Å². The lowest BCUT2D eigenvalue weighted by molar-refractivity contribution is -0.0363. The fourth-order valence-electron chi connectivity index (χ4n) is 1.21. The van der Waals surface area contributed by atoms with Gasteiger partial charge in [0.25, 0.3) is 0 Å². The van der Waals surface area contributed by atoms with Gasteiger partial charge >= 0.3 is 11.2 Å². The van der Waals surface area contributed by atoms with Gasteiger partial charge in [0, 0.05) is 10.7 Å². The zero-order valence-electron chi connectivity index (χ0n) is 10.2. The van der Waals surface area contributed by atoms with Crippen LogP contribution in [0.2, 0.25) is 0 Å². The first-order chi connectivity index (χ1) is 9.87. The van der Waals surface area contributed by atoms with E-state index in [2.05, 4.69) is 4.74 Å². The van der Waals surface area contributed by atoms with E-state index in [0.29, 0.717) is 7.14 Å². The van der Waals surface area contributed by atoms with Gasteiger partial charge in [0.2, 0.25) is 6.17 Å². The molecule has 22 heavy (non-hydrogen) atoms. The largest absolute Gasteiger partial charge is 0.743 e. The molecule has 0 aliphatic carbocycles. The van der Waals surface area contributed by atoms with E-state index in [9.17, 15) is 30.9 Å². The number of ether oxygens (including phenoxy) is 1. The van der Waals surface area contributed by atoms with Crippen molar-refractivity contribution in [2.45, 2.75) is 11.4 Å². The van der Waals surface area contributed by atoms with Crippen LogP contribution in [0.5, 0.6) is 0 Å². The van der Waals surface area contributed by atoms with Gasteiger partial charge in [-0.2, -0.15) is 8.78 Å². The molecule has 1 atom stereocenters. The van der Waals surface area contributed by atoms with Crippen molar-refractivity contribution >= 4 is 83.9 Å². The Balaban J connectivity index is 2.88. The number of hydrogen-bond donors (Lipinski definition) is 0. The molecule has 0 aliphatic rings. The highest BCUT2D eigenvalue weighted by molar-refractivity contribution is 14.1. The quantitative estimate of drug-likeness (QED) is 0.273. The minimum atomic E-state index is -6.19. The standard InChI is InChI=1S/C10H6F3I3O5S/c11-7(10(12,13)22(18,19)20)3-21-9(17)8-5(15)1-4(14)2-6(8)16/h1-2,7H,3H2,(H,18,19,20)/p-1. The van der Waals surface area contributed by atoms with Crippen LogP contribution in [0.1, 0.15) is 10.4 Å². The Bertz CT molecular complexity index is 672. The van der Waals surface area contributed by atoms with Crippen LogP contribution in [0.4, 0.5) is 13.2 Å². The number of esters is 1. The van der Waals surface area contributed by atoms with Crippen LogP contribution in [0, 0.1) is 10.7 Å². The van der Waals surface area contributed by atoms with Crippen molar-refractivity contribution in [3.63, 3.8) is 0 Å². The molecule has 1 rings (SSSR count). The summed E-state index contributed by atoms with van der Waals surface area (Å²) < 4.78 is 75.9. The molecular formula is C10H5F3I3O5S-. The number of carbonyl (C=O) groups excluding carboxylic acids is 1. The number of alkyl halides is 3. The van der Waals surface area contributed by atoms with Crippen molar-refractivity contribution < 1.29 is 35.7 Å². The molecule has 124 valence electrons. The monoisotopic (exact) mass is 675 g/mol. The smallest absolute Gasteiger partial charge is 0.368 e. The molecule has 1 unspecified atom stereocenters. The molecule has 0 aromatic heterocycles. The first kappa shape index (κ1) is 20.6. The lowest BCUT2D eigenvalue weighted by Crippen LogP contribution is -2.41. The molecule has 0 bridgehead atoms. The third-order valence-corrected chi connectivity index (χ3v) is 5.52. The normalized spacial score (nSPS) is 13.8. The molecule has 1 aromatic carbocycles. The van der Waals surface area contributed by atoms with E-state index in [4.69, 9.17) is 0 Å². The first-order valence-corrected chi connectivity index (χ1v) is 9.81. The molecule has 0 spiro atoms. The summed E-state index contributed by atoms with van der Waals surface area (Å²) in [7, 11) is -6.19. The van der Waals surface area contributed by atoms with Gasteiger partial charge in [-0.05, 0) is 79.9 Å². The van der Waals surface area contributed by atoms with E-state index < -0.39 is 34.1 Å². The number of halogens is 6. The van der Waals surface area contributed by atoms with Crippen molar-refractivity contribution in [2.24, 2.45) is 0 Å². The number of benzene rings is 1. The van der Waals surface area contributed by atoms with Crippen LogP contribution < -0.4 is 0 Å². The average Bonchev–Trinajstić information content (AvgIpc) is 2.32. The fraction of sp³-hybridized carbons (Fsp3) is 0.300. The summed E-state index contributed by atoms with van der Waals surface area (Å²) in [6, 6.07) is 3.23. The third kappa shape index (κ3) is 4.79. The molecule has 0 heterocycles. The zero-order valence-corrected chi connectivity index (χ0v) is 17.4. The molecule has 5 nitrogen and oxygen atoms in total. The summed E-state index contributed by atoms with van der Waals surface area (Å²) >= 11 is 5.63. The molecule has 0 radical (unpaired) electrons. The zero-order chi connectivity index (χ0) is 17.3. The lowest BCUT2D eigenvalue weighted by atomic mass is 10.2. The van der Waals surface area contributed by atoms with Crippen LogP contribution in [-0.2, 0) is 14.9 Å². The minimum absolute atomic E-state index is 0.0436. The number of hydrogen-bond acceptors (Lipinski definition) is 5. The van der Waals surface area contributed by atoms with Gasteiger partial charge in [-0.15, -0.1) is 0 Å². The second kappa shape index (κ2) is 7.64. The Labute approximate surface area is 164 Å². The van der Waals surface area contributed by atoms with E-state index in [-0.39, 0.29) is 5.56 Å². The van der Waals surface area contributed by atoms with Gasteiger partial charge in [-0.1, -0.05) is 0 Å². The van der Waals surface area contributed by atoms with E-state index in [1.165, 1.54) is 0 Å². The van der Waals surface area contributed by atoms with Crippen LogP contribution in [-0.4, -0.2) is 37.0 Å². The maximum Gasteiger partial charge on any atom is 0.368 e. The molecule has 12 heteroatoms. The molecule has 0 saturated heterocycles. The SMILES string of the molecule is O=C(OCC(F)C(F)(F)S(=O)(=O)[O-])c1c(I)cc(I)cc1I. The summed E-state index contributed by atoms with van der Waals surface area (Å²) in [6.07, 6.45) is -3.45. The van der Waals surface area contributed by atoms with E-state index in [1.807, 2.05) is 67.8 Å². The Morgan fingerprint density at radius 1 is 1.27 bits per heavy atom. The second-order valence-electron chi connectivity index (χ2n) is 3.83. The predicted molar refractivity (Wildman–Crippen MR) is 94.4 cm³/mol. The Morgan fingerprint density at radius 3 is 2.14 bits per heavy atom. The summed E-state index contributed by atoms with van der Waals surface area (Å²) in [5, 5.41) is -5.17. The van der Waals surface area contributed by atoms with E-state index in [0.717, 1.165) is 3.57 Å². The minimum Gasteiger partial charge on any atom is -0.743 e. The molecule has 0 fully saturated rings. The van der Waals surface area contributed by atoms with Crippen molar-refractivity contribution in [3.05, 3.63) is 28.4 Å². The van der Waals surface area contributed by atoms with Crippen molar-refractivity contribution in [3.8, 4) is 0 Å². The predicted octanol–water partition coefficient (Wildman–Crippen LogP) is 3.13. The number of rotatable bonds is 5. The average molecular weight is 675 g/mol. The molecule has 0 N–H and O–H groups in total. The maximum atomic E-state index is 13.2. The summed E-state index contributed by atoms with van der Waals surface area (Å²) in [5.74, 6) is -1.09. The van der Waals surface area contributed by atoms with Gasteiger partial charge in [-0.25, -0.2) is 17.6 Å². The summed E-state index contributed by atoms with van der Waals surface area (Å²) in [5.41, 5.74) is 0.0436. The van der Waals surface area contributed by atoms with E-state index >= 15 is 0 Å². The number of carbonyl (C=O) groups is 1. The molecule has 0 aliphatic heterocycles. The Kier molecular flexibility index (Phi) is 7.17. The van der Waals surface area contributed by atoms with E-state index in [1.54, 1.807) is 12.1 Å². The Hall–Kier alpha value is 0.580. The third-order valence-electron chi connectivity index (χ3n) is 2.27. The highest BCUT2D eigenvalue weighted by atomic mass is 127. The van der Waals surface area contributed by atoms with Gasteiger partial charge in [0.05, 0.1) is 5.56 Å². The second-order valence-corrected chi connectivity index (χ2v) is 8.85. The van der Waals surface area contributed by atoms with Crippen molar-refractivity contribution in [1.82, 2.24) is 0 Å². The van der Waals surface area contributed by atoms with Crippen LogP contribution in [0.15, 0.2) is 12.1 Å². The molecule has 0 saturated carbocycles. The fourth-order valence-corrected chi connectivity index (χ4v) is 5.62. The maximum absolute atomic E-state index is 13.2. The van der Waals surface area contributed by atoms with Gasteiger partial charge < -0.3 is 9.29 Å². The molecular weight excluding hydrogens is 670 g/mol. The highest BCUT2D eigenvalue weighted by Crippen LogP contribution is 2.28. The highest BCUT2D eigenvalue weighted by Gasteiger charge is 2.48. The Morgan fingerprint density at radius 2 is 1.73 bits per heavy atom. The summed E-state index contributed by atoms with van der Waals surface area (Å²) in [4.78, 5) is 11.8. The van der Waals surface area contributed by atoms with Crippen LogP contribution >= 0.6 is 67.8 Å². The molecule has 0 amide bonds. The van der Waals surface area contributed by atoms with Crippen molar-refractivity contribution in [2.75, 3.05) is 6.61 Å². The lowest BCUT2D eigenvalue weighted by Gasteiger charge is -2.23. The summed E-state index contributed by atoms with van der Waals surface area (Å²) in [6.45, 7) is -1.55. The first-order valence-electron chi connectivity index (χ1n) is 5.17. The van der Waals surface area contributed by atoms with Gasteiger partial charge in [0.1, 0.15) is 6.61 Å². The molecule has 1 aromatic rings. The van der Waals surface area contributed by atoms with Crippen LogP contribution in [0.25, 0.3) is 0 Å². The topological polar surface area (TPSA) is 83.5 Å². The van der Waals surface area contributed by atoms with Gasteiger partial charge in [-0.3, -0.25) is 0 Å². The van der Waals surface area contributed by atoms with Crippen LogP contribution in [0.3, 0.4) is 0 Å². The van der Waals surface area contributed by atoms with Gasteiger partial charge in [0.15, 0.2) is 10.1 Å².